The van der Waals surface area contributed by atoms with Gasteiger partial charge in [0.2, 0.25) is 10.0 Å². The number of benzene rings is 2. The molecule has 0 unspecified atom stereocenters. The van der Waals surface area contributed by atoms with Crippen molar-refractivity contribution in [2.45, 2.75) is 23.8 Å². The van der Waals surface area contributed by atoms with Gasteiger partial charge in [0, 0.05) is 31.1 Å². The highest BCUT2D eigenvalue weighted by molar-refractivity contribution is 7.89. The summed E-state index contributed by atoms with van der Waals surface area (Å²) in [5, 5.41) is 11.3. The summed E-state index contributed by atoms with van der Waals surface area (Å²) >= 11 is 0. The van der Waals surface area contributed by atoms with Crippen LogP contribution in [0.5, 0.6) is 0 Å². The molecule has 1 aliphatic heterocycles. The third kappa shape index (κ3) is 3.15. The Bertz CT molecular complexity index is 899. The van der Waals surface area contributed by atoms with Crippen molar-refractivity contribution in [3.63, 3.8) is 0 Å². The summed E-state index contributed by atoms with van der Waals surface area (Å²) < 4.78 is 27.4. The molecule has 2 atom stereocenters. The van der Waals surface area contributed by atoms with E-state index in [-0.39, 0.29) is 29.9 Å². The van der Waals surface area contributed by atoms with Crippen LogP contribution in [0.4, 0.5) is 5.69 Å². The average Bonchev–Trinajstić information content (AvgIpc) is 2.98. The van der Waals surface area contributed by atoms with Crippen molar-refractivity contribution in [1.29, 1.82) is 0 Å². The van der Waals surface area contributed by atoms with Crippen molar-refractivity contribution in [1.82, 2.24) is 4.31 Å². The van der Waals surface area contributed by atoms with Crippen molar-refractivity contribution < 1.29 is 13.3 Å². The lowest BCUT2D eigenvalue weighted by molar-refractivity contribution is -0.387. The third-order valence-corrected chi connectivity index (χ3v) is 6.57. The lowest BCUT2D eigenvalue weighted by Gasteiger charge is -2.18. The van der Waals surface area contributed by atoms with Gasteiger partial charge in [-0.3, -0.25) is 10.1 Å². The fraction of sp³-hybridized carbons (Fsp3) is 0.294. The molecule has 3 rings (SSSR count). The Hall–Kier alpha value is -2.29. The molecule has 7 nitrogen and oxygen atoms in total. The Kier molecular flexibility index (Phi) is 4.59. The first-order valence-corrected chi connectivity index (χ1v) is 9.31. The van der Waals surface area contributed by atoms with Gasteiger partial charge in [-0.1, -0.05) is 42.5 Å². The molecule has 1 heterocycles. The van der Waals surface area contributed by atoms with E-state index in [9.17, 15) is 18.5 Å². The van der Waals surface area contributed by atoms with E-state index in [0.29, 0.717) is 5.56 Å². The third-order valence-electron chi connectivity index (χ3n) is 4.55. The van der Waals surface area contributed by atoms with Gasteiger partial charge in [0.1, 0.15) is 0 Å². The first-order valence-electron chi connectivity index (χ1n) is 7.87. The molecule has 8 heteroatoms. The predicted octanol–water partition coefficient (Wildman–Crippen LogP) is 2.02. The van der Waals surface area contributed by atoms with E-state index >= 15 is 0 Å². The minimum atomic E-state index is -4.01. The summed E-state index contributed by atoms with van der Waals surface area (Å²) in [5.74, 6) is -0.140. The smallest absolute Gasteiger partial charge is 0.289 e. The Morgan fingerprint density at radius 3 is 2.44 bits per heavy atom. The number of aryl methyl sites for hydroxylation is 1. The second kappa shape index (κ2) is 6.55. The van der Waals surface area contributed by atoms with Crippen LogP contribution in [0.2, 0.25) is 0 Å². The molecule has 0 bridgehead atoms. The Labute approximate surface area is 146 Å². The van der Waals surface area contributed by atoms with E-state index in [1.165, 1.54) is 16.4 Å². The molecule has 2 N–H and O–H groups in total. The van der Waals surface area contributed by atoms with Gasteiger partial charge in [0.15, 0.2) is 4.90 Å². The van der Waals surface area contributed by atoms with Crippen LogP contribution >= 0.6 is 0 Å². The molecule has 0 aromatic heterocycles. The molecule has 1 saturated heterocycles. The summed E-state index contributed by atoms with van der Waals surface area (Å²) in [4.78, 5) is 10.4. The van der Waals surface area contributed by atoms with Gasteiger partial charge in [-0.2, -0.15) is 4.31 Å². The van der Waals surface area contributed by atoms with Gasteiger partial charge < -0.3 is 5.73 Å². The van der Waals surface area contributed by atoms with Crippen LogP contribution in [0, 0.1) is 17.0 Å². The van der Waals surface area contributed by atoms with Crippen molar-refractivity contribution >= 4 is 15.7 Å². The van der Waals surface area contributed by atoms with Gasteiger partial charge in [-0.05, 0) is 18.1 Å². The largest absolute Gasteiger partial charge is 0.326 e. The summed E-state index contributed by atoms with van der Waals surface area (Å²) in [6.07, 6.45) is 0. The van der Waals surface area contributed by atoms with Crippen molar-refractivity contribution in [3.05, 3.63) is 69.8 Å². The number of nitro benzene ring substituents is 1. The maximum Gasteiger partial charge on any atom is 0.289 e. The molecule has 0 aliphatic carbocycles. The van der Waals surface area contributed by atoms with E-state index in [2.05, 4.69) is 0 Å². The molecule has 1 aliphatic rings. The van der Waals surface area contributed by atoms with Gasteiger partial charge in [-0.15, -0.1) is 0 Å². The number of nitro groups is 1. The molecule has 2 aromatic rings. The zero-order valence-electron chi connectivity index (χ0n) is 13.7. The fourth-order valence-corrected chi connectivity index (χ4v) is 5.15. The van der Waals surface area contributed by atoms with Crippen molar-refractivity contribution in [2.75, 3.05) is 13.1 Å². The molecule has 0 spiro atoms. The number of sulfonamides is 1. The number of rotatable bonds is 4. The molecule has 0 saturated carbocycles. The highest BCUT2D eigenvalue weighted by atomic mass is 32.2. The topological polar surface area (TPSA) is 107 Å². The highest BCUT2D eigenvalue weighted by Crippen LogP contribution is 2.35. The summed E-state index contributed by atoms with van der Waals surface area (Å²) in [6, 6.07) is 13.4. The van der Waals surface area contributed by atoms with Crippen LogP contribution in [0.25, 0.3) is 0 Å². The minimum Gasteiger partial charge on any atom is -0.326 e. The monoisotopic (exact) mass is 361 g/mol. The maximum atomic E-state index is 13.1. The van der Waals surface area contributed by atoms with E-state index in [4.69, 9.17) is 5.73 Å². The van der Waals surface area contributed by atoms with Crippen LogP contribution < -0.4 is 5.73 Å². The molecule has 0 amide bonds. The second-order valence-electron chi connectivity index (χ2n) is 6.18. The van der Waals surface area contributed by atoms with Gasteiger partial charge >= 0.3 is 0 Å². The maximum absolute atomic E-state index is 13.1. The Morgan fingerprint density at radius 1 is 1.12 bits per heavy atom. The molecule has 25 heavy (non-hydrogen) atoms. The molecular formula is C17H19N3O4S. The summed E-state index contributed by atoms with van der Waals surface area (Å²) in [6.45, 7) is 1.90. The first-order chi connectivity index (χ1) is 11.8. The van der Waals surface area contributed by atoms with E-state index in [0.717, 1.165) is 5.56 Å². The van der Waals surface area contributed by atoms with Gasteiger partial charge in [0.05, 0.1) is 4.92 Å². The summed E-state index contributed by atoms with van der Waals surface area (Å²) in [5.41, 5.74) is 7.08. The normalized spacial score (nSPS) is 21.4. The Balaban J connectivity index is 1.99. The zero-order valence-corrected chi connectivity index (χ0v) is 14.5. The lowest BCUT2D eigenvalue weighted by Crippen LogP contribution is -2.33. The van der Waals surface area contributed by atoms with Crippen molar-refractivity contribution in [2.24, 2.45) is 5.73 Å². The number of nitrogens with zero attached hydrogens (tertiary/aromatic N) is 2. The highest BCUT2D eigenvalue weighted by Gasteiger charge is 2.41. The van der Waals surface area contributed by atoms with Crippen molar-refractivity contribution in [3.8, 4) is 0 Å². The van der Waals surface area contributed by atoms with Crippen LogP contribution in [0.15, 0.2) is 53.4 Å². The van der Waals surface area contributed by atoms with Crippen LogP contribution in [0.3, 0.4) is 0 Å². The average molecular weight is 361 g/mol. The minimum absolute atomic E-state index is 0.132. The summed E-state index contributed by atoms with van der Waals surface area (Å²) in [7, 11) is -4.01. The molecule has 1 fully saturated rings. The van der Waals surface area contributed by atoms with E-state index in [1.54, 1.807) is 13.0 Å². The van der Waals surface area contributed by atoms with E-state index < -0.39 is 20.6 Å². The SMILES string of the molecule is Cc1cccc([N+](=O)[O-])c1S(=O)(=O)N1C[C@@H](N)[C@H](c2ccccc2)C1. The lowest BCUT2D eigenvalue weighted by atomic mass is 9.95. The predicted molar refractivity (Wildman–Crippen MR) is 93.8 cm³/mol. The second-order valence-corrected chi connectivity index (χ2v) is 8.06. The zero-order chi connectivity index (χ0) is 18.2. The molecule has 0 radical (unpaired) electrons. The Morgan fingerprint density at radius 2 is 1.80 bits per heavy atom. The molecule has 132 valence electrons. The number of nitrogens with two attached hydrogens (primary N) is 1. The first kappa shape index (κ1) is 17.5. The number of hydrogen-bond acceptors (Lipinski definition) is 5. The number of hydrogen-bond donors (Lipinski definition) is 1. The van der Waals surface area contributed by atoms with Gasteiger partial charge in [-0.25, -0.2) is 8.42 Å². The molecule has 2 aromatic carbocycles. The van der Waals surface area contributed by atoms with Crippen LogP contribution in [-0.2, 0) is 10.0 Å². The van der Waals surface area contributed by atoms with Gasteiger partial charge in [0.25, 0.3) is 5.69 Å². The van der Waals surface area contributed by atoms with E-state index in [1.807, 2.05) is 30.3 Å². The standard InChI is InChI=1S/C17H19N3O4S/c1-12-6-5-9-16(20(21)22)17(12)25(23,24)19-10-14(15(18)11-19)13-7-3-2-4-8-13/h2-9,14-15H,10-11,18H2,1H3/t14-,15+/m0/s1. The quantitative estimate of drug-likeness (QED) is 0.662. The molecular weight excluding hydrogens is 342 g/mol. The fourth-order valence-electron chi connectivity index (χ4n) is 3.29. The van der Waals surface area contributed by atoms with Crippen LogP contribution in [0.1, 0.15) is 17.0 Å². The van der Waals surface area contributed by atoms with Crippen LogP contribution in [-0.4, -0.2) is 36.8 Å².